The normalized spacial score (nSPS) is 20.4. The molecule has 1 rings (SSSR count). The van der Waals surface area contributed by atoms with Crippen molar-refractivity contribution in [3.05, 3.63) is 0 Å². The molecule has 5 nitrogen and oxygen atoms in total. The molecular weight excluding hydrogens is 182 g/mol. The van der Waals surface area contributed by atoms with E-state index in [1.165, 1.54) is 6.42 Å². The quantitative estimate of drug-likeness (QED) is 0.365. The van der Waals surface area contributed by atoms with Gasteiger partial charge in [0.15, 0.2) is 0 Å². The van der Waals surface area contributed by atoms with Crippen molar-refractivity contribution in [1.29, 1.82) is 0 Å². The maximum atomic E-state index is 11.4. The summed E-state index contributed by atoms with van der Waals surface area (Å²) in [4.78, 5) is 13.6. The summed E-state index contributed by atoms with van der Waals surface area (Å²) >= 11 is 0. The molecule has 14 heavy (non-hydrogen) atoms. The van der Waals surface area contributed by atoms with Gasteiger partial charge < -0.3 is 4.74 Å². The number of hydrogen-bond acceptors (Lipinski definition) is 4. The minimum Gasteiger partial charge on any atom is -0.383 e. The second kappa shape index (κ2) is 5.95. The topological polar surface area (TPSA) is 67.6 Å². The van der Waals surface area contributed by atoms with E-state index in [1.807, 2.05) is 0 Å². The first-order valence-corrected chi connectivity index (χ1v) is 5.03. The van der Waals surface area contributed by atoms with Crippen LogP contribution >= 0.6 is 0 Å². The van der Waals surface area contributed by atoms with Gasteiger partial charge in [-0.1, -0.05) is 6.42 Å². The summed E-state index contributed by atoms with van der Waals surface area (Å²) in [6, 6.07) is -0.231. The number of hydrogen-bond donors (Lipinski definition) is 2. The van der Waals surface area contributed by atoms with E-state index in [2.05, 4.69) is 10.3 Å². The largest absolute Gasteiger partial charge is 0.383 e. The van der Waals surface area contributed by atoms with Gasteiger partial charge in [-0.2, -0.15) is 0 Å². The fourth-order valence-corrected chi connectivity index (χ4v) is 1.83. The molecule has 0 radical (unpaired) electrons. The molecule has 0 aromatic carbocycles. The fourth-order valence-electron chi connectivity index (χ4n) is 1.83. The Balaban J connectivity index is 2.50. The Hall–Kier alpha value is -0.650. The molecule has 3 N–H and O–H groups in total. The number of carbonyl (C=O) groups is 1. The number of ether oxygens (including phenoxy) is 1. The smallest absolute Gasteiger partial charge is 0.253 e. The number of piperidine rings is 1. The molecule has 0 aliphatic carbocycles. The highest BCUT2D eigenvalue weighted by atomic mass is 16.5. The second-order valence-corrected chi connectivity index (χ2v) is 3.58. The van der Waals surface area contributed by atoms with Crippen molar-refractivity contribution >= 4 is 5.91 Å². The molecule has 1 aliphatic heterocycles. The molecule has 5 heteroatoms. The van der Waals surface area contributed by atoms with Gasteiger partial charge in [0, 0.05) is 7.11 Å². The number of carbonyl (C=O) groups excluding carboxylic acids is 1. The SMILES string of the molecule is COCC(C(=O)NN)N1CCCCC1. The number of methoxy groups -OCH3 is 1. The Morgan fingerprint density at radius 1 is 1.50 bits per heavy atom. The Bertz CT molecular complexity index is 181. The minimum atomic E-state index is -0.231. The highest BCUT2D eigenvalue weighted by Crippen LogP contribution is 2.12. The average molecular weight is 201 g/mol. The van der Waals surface area contributed by atoms with Crippen LogP contribution in [0, 0.1) is 0 Å². The predicted octanol–water partition coefficient (Wildman–Crippen LogP) is -0.523. The van der Waals surface area contributed by atoms with Gasteiger partial charge in [0.2, 0.25) is 0 Å². The molecule has 0 aromatic heterocycles. The van der Waals surface area contributed by atoms with Crippen LogP contribution < -0.4 is 11.3 Å². The van der Waals surface area contributed by atoms with E-state index in [1.54, 1.807) is 7.11 Å². The molecule has 1 atom stereocenters. The standard InChI is InChI=1S/C9H19N3O2/c1-14-7-8(9(13)11-10)12-5-3-2-4-6-12/h8H,2-7,10H2,1H3,(H,11,13). The molecule has 1 aliphatic rings. The molecule has 0 spiro atoms. The van der Waals surface area contributed by atoms with E-state index >= 15 is 0 Å². The second-order valence-electron chi connectivity index (χ2n) is 3.58. The van der Waals surface area contributed by atoms with Crippen LogP contribution in [0.25, 0.3) is 0 Å². The van der Waals surface area contributed by atoms with Crippen molar-refractivity contribution in [2.24, 2.45) is 5.84 Å². The molecule has 82 valence electrons. The maximum absolute atomic E-state index is 11.4. The van der Waals surface area contributed by atoms with Gasteiger partial charge in [-0.3, -0.25) is 15.1 Å². The van der Waals surface area contributed by atoms with Crippen molar-refractivity contribution in [1.82, 2.24) is 10.3 Å². The molecule has 1 unspecified atom stereocenters. The van der Waals surface area contributed by atoms with Gasteiger partial charge in [0.25, 0.3) is 5.91 Å². The molecule has 1 heterocycles. The van der Waals surface area contributed by atoms with Crippen LogP contribution in [0.15, 0.2) is 0 Å². The Morgan fingerprint density at radius 3 is 2.64 bits per heavy atom. The molecule has 1 fully saturated rings. The number of nitrogens with zero attached hydrogens (tertiary/aromatic N) is 1. The lowest BCUT2D eigenvalue weighted by atomic mass is 10.1. The summed E-state index contributed by atoms with van der Waals surface area (Å²) < 4.78 is 5.02. The lowest BCUT2D eigenvalue weighted by Crippen LogP contribution is -2.52. The van der Waals surface area contributed by atoms with Crippen molar-refractivity contribution < 1.29 is 9.53 Å². The van der Waals surface area contributed by atoms with Gasteiger partial charge in [-0.25, -0.2) is 5.84 Å². The first kappa shape index (κ1) is 11.4. The van der Waals surface area contributed by atoms with Gasteiger partial charge >= 0.3 is 0 Å². The summed E-state index contributed by atoms with van der Waals surface area (Å²) in [5.74, 6) is 4.97. The number of hydrazine groups is 1. The predicted molar refractivity (Wildman–Crippen MR) is 53.4 cm³/mol. The number of amides is 1. The highest BCUT2D eigenvalue weighted by molar-refractivity contribution is 5.81. The molecule has 1 saturated heterocycles. The van der Waals surface area contributed by atoms with Gasteiger partial charge in [-0.05, 0) is 25.9 Å². The van der Waals surface area contributed by atoms with Crippen LogP contribution in [0.5, 0.6) is 0 Å². The summed E-state index contributed by atoms with van der Waals surface area (Å²) in [7, 11) is 1.60. The molecule has 0 aromatic rings. The Kier molecular flexibility index (Phi) is 4.86. The lowest BCUT2D eigenvalue weighted by Gasteiger charge is -2.32. The molecule has 0 bridgehead atoms. The molecule has 1 amide bonds. The van der Waals surface area contributed by atoms with E-state index in [0.29, 0.717) is 6.61 Å². The number of nitrogens with two attached hydrogens (primary N) is 1. The Morgan fingerprint density at radius 2 is 2.14 bits per heavy atom. The zero-order chi connectivity index (χ0) is 10.4. The average Bonchev–Trinajstić information content (AvgIpc) is 2.26. The van der Waals surface area contributed by atoms with E-state index in [0.717, 1.165) is 25.9 Å². The number of likely N-dealkylation sites (tertiary alicyclic amines) is 1. The summed E-state index contributed by atoms with van der Waals surface area (Å²) in [6.07, 6.45) is 3.55. The van der Waals surface area contributed by atoms with Crippen molar-refractivity contribution in [3.63, 3.8) is 0 Å². The van der Waals surface area contributed by atoms with E-state index in [-0.39, 0.29) is 11.9 Å². The third-order valence-electron chi connectivity index (χ3n) is 2.60. The van der Waals surface area contributed by atoms with Crippen LogP contribution in [-0.2, 0) is 9.53 Å². The first-order chi connectivity index (χ1) is 6.79. The monoisotopic (exact) mass is 201 g/mol. The lowest BCUT2D eigenvalue weighted by molar-refractivity contribution is -0.128. The van der Waals surface area contributed by atoms with Gasteiger partial charge in [0.1, 0.15) is 6.04 Å². The highest BCUT2D eigenvalue weighted by Gasteiger charge is 2.26. The van der Waals surface area contributed by atoms with Gasteiger partial charge in [-0.15, -0.1) is 0 Å². The van der Waals surface area contributed by atoms with Crippen molar-refractivity contribution in [2.75, 3.05) is 26.8 Å². The minimum absolute atomic E-state index is 0.159. The summed E-state index contributed by atoms with van der Waals surface area (Å²) in [6.45, 7) is 2.33. The van der Waals surface area contributed by atoms with Crippen molar-refractivity contribution in [3.8, 4) is 0 Å². The zero-order valence-electron chi connectivity index (χ0n) is 8.66. The summed E-state index contributed by atoms with van der Waals surface area (Å²) in [5.41, 5.74) is 2.19. The number of nitrogens with one attached hydrogen (secondary N) is 1. The van der Waals surface area contributed by atoms with Crippen LogP contribution in [0.3, 0.4) is 0 Å². The van der Waals surface area contributed by atoms with E-state index in [4.69, 9.17) is 10.6 Å². The van der Waals surface area contributed by atoms with Crippen molar-refractivity contribution in [2.45, 2.75) is 25.3 Å². The van der Waals surface area contributed by atoms with Crippen LogP contribution in [0.1, 0.15) is 19.3 Å². The third kappa shape index (κ3) is 2.94. The van der Waals surface area contributed by atoms with E-state index in [9.17, 15) is 4.79 Å². The third-order valence-corrected chi connectivity index (χ3v) is 2.60. The van der Waals surface area contributed by atoms with Crippen LogP contribution in [0.2, 0.25) is 0 Å². The van der Waals surface area contributed by atoms with Crippen LogP contribution in [-0.4, -0.2) is 43.7 Å². The molecular formula is C9H19N3O2. The zero-order valence-corrected chi connectivity index (χ0v) is 8.66. The maximum Gasteiger partial charge on any atom is 0.253 e. The van der Waals surface area contributed by atoms with Gasteiger partial charge in [0.05, 0.1) is 6.61 Å². The fraction of sp³-hybridized carbons (Fsp3) is 0.889. The first-order valence-electron chi connectivity index (χ1n) is 5.03. The number of rotatable bonds is 4. The molecule has 0 saturated carbocycles. The van der Waals surface area contributed by atoms with Crippen LogP contribution in [0.4, 0.5) is 0 Å². The summed E-state index contributed by atoms with van der Waals surface area (Å²) in [5, 5.41) is 0. The van der Waals surface area contributed by atoms with E-state index < -0.39 is 0 Å². The Labute approximate surface area is 84.5 Å².